The lowest BCUT2D eigenvalue weighted by Gasteiger charge is -2.48. The lowest BCUT2D eigenvalue weighted by molar-refractivity contribution is -0.200. The van der Waals surface area contributed by atoms with Crippen LogP contribution in [0.15, 0.2) is 12.2 Å². The van der Waals surface area contributed by atoms with Gasteiger partial charge in [0, 0.05) is 51.2 Å². The first-order valence-corrected chi connectivity index (χ1v) is 12.2. The van der Waals surface area contributed by atoms with E-state index in [0.29, 0.717) is 25.9 Å². The van der Waals surface area contributed by atoms with E-state index in [4.69, 9.17) is 18.9 Å². The largest absolute Gasteiger partial charge is 0.392 e. The number of methoxy groups -OCH3 is 2. The van der Waals surface area contributed by atoms with Gasteiger partial charge in [-0.05, 0) is 19.8 Å². The number of carbonyl (C=O) groups excluding carboxylic acids is 1. The standard InChI is InChI=1S/C26H46O7/c1-15(10-20(27)24(29)26(7)13-16(2)17(3)18(4)33-26)21-12-22(28)25(5,6)23(32-21)11-19(31-9)14-30-8/h15,17-19,21-24,28-29H,2,10-14H2,1,3-9H3/t15-,17-,18-,19?,21+,22-,23-,24-,26-/m1/s1. The number of Topliss-reactive ketones (excluding diaryl/α,β-unsaturated/α-hetero) is 1. The molecule has 2 aliphatic rings. The Morgan fingerprint density at radius 1 is 1.27 bits per heavy atom. The third-order valence-corrected chi connectivity index (χ3v) is 8.07. The summed E-state index contributed by atoms with van der Waals surface area (Å²) < 4.78 is 23.3. The topological polar surface area (TPSA) is 94.5 Å². The summed E-state index contributed by atoms with van der Waals surface area (Å²) in [7, 11) is 3.27. The fourth-order valence-electron chi connectivity index (χ4n) is 5.14. The molecule has 33 heavy (non-hydrogen) atoms. The molecule has 1 unspecified atom stereocenters. The van der Waals surface area contributed by atoms with E-state index in [1.165, 1.54) is 0 Å². The Morgan fingerprint density at radius 3 is 2.45 bits per heavy atom. The molecule has 0 aromatic carbocycles. The molecule has 2 rings (SSSR count). The predicted octanol–water partition coefficient (Wildman–Crippen LogP) is 3.30. The number of hydrogen-bond donors (Lipinski definition) is 2. The summed E-state index contributed by atoms with van der Waals surface area (Å²) in [6.07, 6.45) is -1.02. The molecule has 0 bridgehead atoms. The van der Waals surface area contributed by atoms with Crippen molar-refractivity contribution < 1.29 is 34.0 Å². The SMILES string of the molecule is C=C1C[C@](C)([C@H](O)C(=O)C[C@@H](C)[C@@H]2C[C@@H](O)C(C)(C)[C@@H](CC(COC)OC)O2)O[C@H](C)[C@@H]1C. The molecule has 2 aliphatic heterocycles. The van der Waals surface area contributed by atoms with Gasteiger partial charge in [0.1, 0.15) is 11.7 Å². The zero-order chi connectivity index (χ0) is 25.1. The summed E-state index contributed by atoms with van der Waals surface area (Å²) in [6, 6.07) is 0. The highest BCUT2D eigenvalue weighted by molar-refractivity contribution is 5.84. The number of rotatable bonds is 10. The average molecular weight is 471 g/mol. The molecule has 7 nitrogen and oxygen atoms in total. The van der Waals surface area contributed by atoms with Crippen molar-refractivity contribution in [3.05, 3.63) is 12.2 Å². The van der Waals surface area contributed by atoms with Crippen LogP contribution in [-0.2, 0) is 23.7 Å². The molecule has 2 heterocycles. The summed E-state index contributed by atoms with van der Waals surface area (Å²) in [4.78, 5) is 13.1. The second-order valence-electron chi connectivity index (χ2n) is 11.1. The molecule has 9 atom stereocenters. The van der Waals surface area contributed by atoms with Crippen LogP contribution in [0.5, 0.6) is 0 Å². The molecule has 0 spiro atoms. The van der Waals surface area contributed by atoms with Crippen LogP contribution in [0.25, 0.3) is 0 Å². The number of hydrogen-bond acceptors (Lipinski definition) is 7. The van der Waals surface area contributed by atoms with Crippen molar-refractivity contribution in [2.45, 2.75) is 109 Å². The Labute approximate surface area is 199 Å². The van der Waals surface area contributed by atoms with Gasteiger partial charge in [-0.25, -0.2) is 0 Å². The minimum absolute atomic E-state index is 0.114. The lowest BCUT2D eigenvalue weighted by Crippen LogP contribution is -2.55. The average Bonchev–Trinajstić information content (AvgIpc) is 2.73. The highest BCUT2D eigenvalue weighted by atomic mass is 16.5. The molecule has 0 saturated carbocycles. The van der Waals surface area contributed by atoms with Crippen molar-refractivity contribution in [1.82, 2.24) is 0 Å². The van der Waals surface area contributed by atoms with Crippen LogP contribution < -0.4 is 0 Å². The second-order valence-corrected chi connectivity index (χ2v) is 11.1. The van der Waals surface area contributed by atoms with Crippen LogP contribution in [0.1, 0.15) is 67.2 Å². The minimum atomic E-state index is -1.24. The molecule has 192 valence electrons. The van der Waals surface area contributed by atoms with E-state index in [1.54, 1.807) is 21.1 Å². The van der Waals surface area contributed by atoms with Gasteiger partial charge in [0.15, 0.2) is 5.78 Å². The van der Waals surface area contributed by atoms with Crippen LogP contribution in [0.2, 0.25) is 0 Å². The van der Waals surface area contributed by atoms with Gasteiger partial charge in [-0.15, -0.1) is 0 Å². The normalized spacial score (nSPS) is 37.4. The second kappa shape index (κ2) is 11.3. The van der Waals surface area contributed by atoms with E-state index in [0.717, 1.165) is 5.57 Å². The number of ketones is 1. The van der Waals surface area contributed by atoms with Crippen LogP contribution in [0, 0.1) is 17.3 Å². The first-order chi connectivity index (χ1) is 15.3. The molecule has 0 aliphatic carbocycles. The van der Waals surface area contributed by atoms with E-state index in [-0.39, 0.29) is 48.5 Å². The Balaban J connectivity index is 2.06. The molecule has 0 amide bonds. The Hall–Kier alpha value is -0.830. The number of carbonyl (C=O) groups is 1. The van der Waals surface area contributed by atoms with Crippen LogP contribution in [0.4, 0.5) is 0 Å². The quantitative estimate of drug-likeness (QED) is 0.473. The highest BCUT2D eigenvalue weighted by Gasteiger charge is 2.48. The van der Waals surface area contributed by atoms with Crippen molar-refractivity contribution in [3.8, 4) is 0 Å². The summed E-state index contributed by atoms with van der Waals surface area (Å²) in [5, 5.41) is 21.8. The molecule has 0 aromatic rings. The summed E-state index contributed by atoms with van der Waals surface area (Å²) in [5.74, 6) is -0.255. The van der Waals surface area contributed by atoms with Crippen molar-refractivity contribution in [2.75, 3.05) is 20.8 Å². The first kappa shape index (κ1) is 28.4. The van der Waals surface area contributed by atoms with Gasteiger partial charge in [0.2, 0.25) is 0 Å². The Morgan fingerprint density at radius 2 is 1.91 bits per heavy atom. The van der Waals surface area contributed by atoms with E-state index in [9.17, 15) is 15.0 Å². The molecule has 2 fully saturated rings. The minimum Gasteiger partial charge on any atom is -0.392 e. The van der Waals surface area contributed by atoms with E-state index < -0.39 is 23.2 Å². The third kappa shape index (κ3) is 6.44. The zero-order valence-corrected chi connectivity index (χ0v) is 21.8. The number of aliphatic hydroxyl groups excluding tert-OH is 2. The molecule has 7 heteroatoms. The summed E-state index contributed by atoms with van der Waals surface area (Å²) >= 11 is 0. The fraction of sp³-hybridized carbons (Fsp3) is 0.885. The predicted molar refractivity (Wildman–Crippen MR) is 127 cm³/mol. The molecule has 2 saturated heterocycles. The van der Waals surface area contributed by atoms with Crippen molar-refractivity contribution >= 4 is 5.78 Å². The maximum Gasteiger partial charge on any atom is 0.164 e. The van der Waals surface area contributed by atoms with Gasteiger partial charge >= 0.3 is 0 Å². The van der Waals surface area contributed by atoms with Gasteiger partial charge in [-0.2, -0.15) is 0 Å². The van der Waals surface area contributed by atoms with Crippen LogP contribution in [-0.4, -0.2) is 79.0 Å². The Bertz CT molecular complexity index is 678. The van der Waals surface area contributed by atoms with Crippen LogP contribution >= 0.6 is 0 Å². The first-order valence-electron chi connectivity index (χ1n) is 12.2. The van der Waals surface area contributed by atoms with Crippen molar-refractivity contribution in [2.24, 2.45) is 17.3 Å². The van der Waals surface area contributed by atoms with Gasteiger partial charge in [-0.1, -0.05) is 39.8 Å². The monoisotopic (exact) mass is 470 g/mol. The van der Waals surface area contributed by atoms with E-state index in [1.807, 2.05) is 34.6 Å². The van der Waals surface area contributed by atoms with Gasteiger partial charge in [-0.3, -0.25) is 4.79 Å². The van der Waals surface area contributed by atoms with Gasteiger partial charge in [0.05, 0.1) is 37.1 Å². The molecule has 0 aromatic heterocycles. The smallest absolute Gasteiger partial charge is 0.164 e. The number of aliphatic hydroxyl groups is 2. The maximum absolute atomic E-state index is 13.1. The van der Waals surface area contributed by atoms with Gasteiger partial charge in [0.25, 0.3) is 0 Å². The van der Waals surface area contributed by atoms with E-state index >= 15 is 0 Å². The van der Waals surface area contributed by atoms with E-state index in [2.05, 4.69) is 6.58 Å². The fourth-order valence-corrected chi connectivity index (χ4v) is 5.14. The van der Waals surface area contributed by atoms with Crippen LogP contribution in [0.3, 0.4) is 0 Å². The third-order valence-electron chi connectivity index (χ3n) is 8.07. The zero-order valence-electron chi connectivity index (χ0n) is 21.8. The molecule has 2 N–H and O–H groups in total. The highest BCUT2D eigenvalue weighted by Crippen LogP contribution is 2.42. The Kier molecular flexibility index (Phi) is 9.70. The lowest BCUT2D eigenvalue weighted by atomic mass is 9.72. The summed E-state index contributed by atoms with van der Waals surface area (Å²) in [5.41, 5.74) is -0.451. The van der Waals surface area contributed by atoms with Gasteiger partial charge < -0.3 is 29.2 Å². The molecular formula is C26H46O7. The maximum atomic E-state index is 13.1. The molecular weight excluding hydrogens is 424 g/mol. The summed E-state index contributed by atoms with van der Waals surface area (Å²) in [6.45, 7) is 16.3. The van der Waals surface area contributed by atoms with Crippen molar-refractivity contribution in [3.63, 3.8) is 0 Å². The number of ether oxygens (including phenoxy) is 4. The van der Waals surface area contributed by atoms with Crippen molar-refractivity contribution in [1.29, 1.82) is 0 Å². The molecule has 0 radical (unpaired) electrons.